The van der Waals surface area contributed by atoms with E-state index in [4.69, 9.17) is 4.74 Å². The summed E-state index contributed by atoms with van der Waals surface area (Å²) < 4.78 is 5.74. The molecule has 0 aromatic carbocycles. The van der Waals surface area contributed by atoms with Crippen LogP contribution in [0.4, 0.5) is 0 Å². The fourth-order valence-corrected chi connectivity index (χ4v) is 2.79. The van der Waals surface area contributed by atoms with Gasteiger partial charge in [0.05, 0.1) is 6.10 Å². The first-order valence-corrected chi connectivity index (χ1v) is 6.75. The Labute approximate surface area is 101 Å². The first-order chi connectivity index (χ1) is 7.49. The topological polar surface area (TPSA) is 21.3 Å². The summed E-state index contributed by atoms with van der Waals surface area (Å²) in [5.74, 6) is 0.934. The average Bonchev–Trinajstić information content (AvgIpc) is 2.09. The highest BCUT2D eigenvalue weighted by atomic mass is 16.5. The molecule has 1 N–H and O–H groups in total. The second-order valence-corrected chi connectivity index (χ2v) is 6.22. The molecular weight excluding hydrogens is 198 g/mol. The monoisotopic (exact) mass is 227 g/mol. The Kier molecular flexibility index (Phi) is 5.26. The van der Waals surface area contributed by atoms with E-state index in [0.29, 0.717) is 12.1 Å². The summed E-state index contributed by atoms with van der Waals surface area (Å²) in [5, 5.41) is 3.61. The molecule has 2 nitrogen and oxygen atoms in total. The van der Waals surface area contributed by atoms with Crippen LogP contribution >= 0.6 is 0 Å². The SMILES string of the molecule is CCNC(CC1CCC1)C(OC)C(C)(C)C. The summed E-state index contributed by atoms with van der Waals surface area (Å²) in [4.78, 5) is 0. The summed E-state index contributed by atoms with van der Waals surface area (Å²) in [5.41, 5.74) is 0.214. The molecule has 1 fully saturated rings. The quantitative estimate of drug-likeness (QED) is 0.752. The highest BCUT2D eigenvalue weighted by Crippen LogP contribution is 2.34. The van der Waals surface area contributed by atoms with E-state index in [1.807, 2.05) is 7.11 Å². The van der Waals surface area contributed by atoms with Gasteiger partial charge in [-0.3, -0.25) is 0 Å². The molecule has 1 rings (SSSR count). The van der Waals surface area contributed by atoms with Crippen molar-refractivity contribution in [3.05, 3.63) is 0 Å². The lowest BCUT2D eigenvalue weighted by Gasteiger charge is -2.39. The predicted molar refractivity (Wildman–Crippen MR) is 69.7 cm³/mol. The molecule has 96 valence electrons. The van der Waals surface area contributed by atoms with Crippen molar-refractivity contribution in [1.82, 2.24) is 5.32 Å². The van der Waals surface area contributed by atoms with Gasteiger partial charge in [0, 0.05) is 13.2 Å². The van der Waals surface area contributed by atoms with Crippen molar-refractivity contribution in [3.8, 4) is 0 Å². The Bertz CT molecular complexity index is 193. The molecule has 0 aliphatic heterocycles. The molecule has 0 bridgehead atoms. The van der Waals surface area contributed by atoms with Gasteiger partial charge in [-0.1, -0.05) is 47.0 Å². The molecule has 0 saturated heterocycles. The number of nitrogens with one attached hydrogen (secondary N) is 1. The van der Waals surface area contributed by atoms with Crippen molar-refractivity contribution in [2.24, 2.45) is 11.3 Å². The molecule has 1 aliphatic rings. The minimum absolute atomic E-state index is 0.214. The fraction of sp³-hybridized carbons (Fsp3) is 1.00. The Morgan fingerprint density at radius 1 is 1.31 bits per heavy atom. The summed E-state index contributed by atoms with van der Waals surface area (Å²) in [6.07, 6.45) is 5.86. The van der Waals surface area contributed by atoms with Gasteiger partial charge in [0.2, 0.25) is 0 Å². The maximum atomic E-state index is 5.74. The van der Waals surface area contributed by atoms with E-state index in [2.05, 4.69) is 33.0 Å². The van der Waals surface area contributed by atoms with Crippen LogP contribution in [0, 0.1) is 11.3 Å². The number of likely N-dealkylation sites (N-methyl/N-ethyl adjacent to an activating group) is 1. The number of hydrogen-bond acceptors (Lipinski definition) is 2. The summed E-state index contributed by atoms with van der Waals surface area (Å²) in [7, 11) is 1.85. The fourth-order valence-electron chi connectivity index (χ4n) is 2.79. The van der Waals surface area contributed by atoms with Gasteiger partial charge in [-0.25, -0.2) is 0 Å². The van der Waals surface area contributed by atoms with E-state index in [1.54, 1.807) is 0 Å². The van der Waals surface area contributed by atoms with Crippen LogP contribution in [0.1, 0.15) is 53.4 Å². The van der Waals surface area contributed by atoms with Crippen molar-refractivity contribution in [3.63, 3.8) is 0 Å². The van der Waals surface area contributed by atoms with E-state index in [9.17, 15) is 0 Å². The van der Waals surface area contributed by atoms with Gasteiger partial charge in [-0.15, -0.1) is 0 Å². The first kappa shape index (κ1) is 14.0. The van der Waals surface area contributed by atoms with Crippen LogP contribution in [-0.4, -0.2) is 25.8 Å². The lowest BCUT2D eigenvalue weighted by molar-refractivity contribution is -0.0194. The van der Waals surface area contributed by atoms with Gasteiger partial charge >= 0.3 is 0 Å². The third-order valence-electron chi connectivity index (χ3n) is 3.75. The van der Waals surface area contributed by atoms with Crippen LogP contribution in [0.25, 0.3) is 0 Å². The van der Waals surface area contributed by atoms with Gasteiger partial charge in [-0.2, -0.15) is 0 Å². The molecule has 0 radical (unpaired) electrons. The number of hydrogen-bond donors (Lipinski definition) is 1. The average molecular weight is 227 g/mol. The number of rotatable bonds is 6. The van der Waals surface area contributed by atoms with E-state index in [1.165, 1.54) is 25.7 Å². The molecular formula is C14H29NO. The Balaban J connectivity index is 2.57. The zero-order valence-electron chi connectivity index (χ0n) is 11.7. The van der Waals surface area contributed by atoms with E-state index in [-0.39, 0.29) is 5.41 Å². The zero-order chi connectivity index (χ0) is 12.2. The molecule has 1 aliphatic carbocycles. The molecule has 1 saturated carbocycles. The Morgan fingerprint density at radius 2 is 1.94 bits per heavy atom. The van der Waals surface area contributed by atoms with Crippen LogP contribution in [-0.2, 0) is 4.74 Å². The standard InChI is InChI=1S/C14H29NO/c1-6-15-12(10-11-8-7-9-11)13(16-5)14(2,3)4/h11-13,15H,6-10H2,1-5H3. The molecule has 2 unspecified atom stereocenters. The molecule has 16 heavy (non-hydrogen) atoms. The minimum Gasteiger partial charge on any atom is -0.379 e. The maximum Gasteiger partial charge on any atom is 0.0772 e. The molecule has 0 heterocycles. The van der Waals surface area contributed by atoms with Crippen LogP contribution in [0.2, 0.25) is 0 Å². The van der Waals surface area contributed by atoms with Crippen LogP contribution in [0.15, 0.2) is 0 Å². The predicted octanol–water partition coefficient (Wildman–Crippen LogP) is 3.22. The second kappa shape index (κ2) is 6.02. The summed E-state index contributed by atoms with van der Waals surface area (Å²) in [6.45, 7) is 10.0. The highest BCUT2D eigenvalue weighted by Gasteiger charge is 2.34. The zero-order valence-corrected chi connectivity index (χ0v) is 11.7. The van der Waals surface area contributed by atoms with Crippen molar-refractivity contribution < 1.29 is 4.74 Å². The number of methoxy groups -OCH3 is 1. The summed E-state index contributed by atoms with van der Waals surface area (Å²) >= 11 is 0. The third-order valence-corrected chi connectivity index (χ3v) is 3.75. The highest BCUT2D eigenvalue weighted by molar-refractivity contribution is 4.89. The minimum atomic E-state index is 0.214. The van der Waals surface area contributed by atoms with Gasteiger partial charge in [-0.05, 0) is 24.3 Å². The smallest absolute Gasteiger partial charge is 0.0772 e. The van der Waals surface area contributed by atoms with Crippen LogP contribution in [0.5, 0.6) is 0 Å². The van der Waals surface area contributed by atoms with Crippen LogP contribution < -0.4 is 5.32 Å². The van der Waals surface area contributed by atoms with E-state index >= 15 is 0 Å². The second-order valence-electron chi connectivity index (χ2n) is 6.22. The normalized spacial score (nSPS) is 21.6. The van der Waals surface area contributed by atoms with Gasteiger partial charge < -0.3 is 10.1 Å². The molecule has 0 amide bonds. The largest absolute Gasteiger partial charge is 0.379 e. The molecule has 0 aromatic rings. The Hall–Kier alpha value is -0.0800. The lowest BCUT2D eigenvalue weighted by Crippen LogP contribution is -2.49. The van der Waals surface area contributed by atoms with E-state index in [0.717, 1.165) is 12.5 Å². The molecule has 0 spiro atoms. The molecule has 2 heteroatoms. The first-order valence-electron chi connectivity index (χ1n) is 6.75. The molecule has 0 aromatic heterocycles. The van der Waals surface area contributed by atoms with Gasteiger partial charge in [0.1, 0.15) is 0 Å². The molecule has 2 atom stereocenters. The van der Waals surface area contributed by atoms with Gasteiger partial charge in [0.25, 0.3) is 0 Å². The lowest BCUT2D eigenvalue weighted by atomic mass is 9.76. The third kappa shape index (κ3) is 3.74. The van der Waals surface area contributed by atoms with Gasteiger partial charge in [0.15, 0.2) is 0 Å². The van der Waals surface area contributed by atoms with Crippen molar-refractivity contribution >= 4 is 0 Å². The van der Waals surface area contributed by atoms with E-state index < -0.39 is 0 Å². The van der Waals surface area contributed by atoms with Crippen molar-refractivity contribution in [2.75, 3.05) is 13.7 Å². The summed E-state index contributed by atoms with van der Waals surface area (Å²) in [6, 6.07) is 0.514. The maximum absolute atomic E-state index is 5.74. The van der Waals surface area contributed by atoms with Crippen molar-refractivity contribution in [2.45, 2.75) is 65.5 Å². The number of ether oxygens (including phenoxy) is 1. The van der Waals surface area contributed by atoms with Crippen molar-refractivity contribution in [1.29, 1.82) is 0 Å². The van der Waals surface area contributed by atoms with Crippen LogP contribution in [0.3, 0.4) is 0 Å². The Morgan fingerprint density at radius 3 is 2.25 bits per heavy atom.